The fraction of sp³-hybridized carbons (Fsp3) is 0.625. The maximum absolute atomic E-state index is 4.93. The predicted octanol–water partition coefficient (Wildman–Crippen LogP) is 1.90. The summed E-state index contributed by atoms with van der Waals surface area (Å²) in [6, 6.07) is 0. The second kappa shape index (κ2) is 5.11. The standard InChI is InChI=1S/C8H14N2OS/c1-7-6-12-8(10-7)9-4-3-5-11-2/h6H,3-5H2,1-2H3,(H,9,10). The van der Waals surface area contributed by atoms with E-state index in [9.17, 15) is 0 Å². The Hall–Kier alpha value is -0.610. The summed E-state index contributed by atoms with van der Waals surface area (Å²) in [6.45, 7) is 3.73. The van der Waals surface area contributed by atoms with Crippen molar-refractivity contribution in [1.29, 1.82) is 0 Å². The molecule has 0 unspecified atom stereocenters. The third-order valence-electron chi connectivity index (χ3n) is 1.42. The van der Waals surface area contributed by atoms with Gasteiger partial charge in [-0.05, 0) is 13.3 Å². The molecule has 68 valence electrons. The van der Waals surface area contributed by atoms with Crippen molar-refractivity contribution in [2.24, 2.45) is 0 Å². The fourth-order valence-electron chi connectivity index (χ4n) is 0.847. The van der Waals surface area contributed by atoms with Crippen LogP contribution in [0, 0.1) is 6.92 Å². The molecule has 4 heteroatoms. The highest BCUT2D eigenvalue weighted by Crippen LogP contribution is 2.13. The zero-order valence-electron chi connectivity index (χ0n) is 7.46. The molecular formula is C8H14N2OS. The number of hydrogen-bond acceptors (Lipinski definition) is 4. The van der Waals surface area contributed by atoms with E-state index in [0.717, 1.165) is 30.4 Å². The molecule has 0 aliphatic heterocycles. The van der Waals surface area contributed by atoms with Crippen molar-refractivity contribution in [2.45, 2.75) is 13.3 Å². The maximum Gasteiger partial charge on any atom is 0.182 e. The zero-order chi connectivity index (χ0) is 8.81. The average molecular weight is 186 g/mol. The van der Waals surface area contributed by atoms with Gasteiger partial charge in [0.2, 0.25) is 0 Å². The van der Waals surface area contributed by atoms with E-state index in [2.05, 4.69) is 10.3 Å². The number of aryl methyl sites for hydroxylation is 1. The Labute approximate surface area is 76.8 Å². The van der Waals surface area contributed by atoms with E-state index in [1.807, 2.05) is 12.3 Å². The molecular weight excluding hydrogens is 172 g/mol. The Bertz CT molecular complexity index is 225. The smallest absolute Gasteiger partial charge is 0.182 e. The molecule has 0 aromatic carbocycles. The molecule has 0 aliphatic carbocycles. The van der Waals surface area contributed by atoms with Crippen LogP contribution in [-0.4, -0.2) is 25.2 Å². The highest BCUT2D eigenvalue weighted by atomic mass is 32.1. The summed E-state index contributed by atoms with van der Waals surface area (Å²) in [5, 5.41) is 6.27. The second-order valence-corrected chi connectivity index (χ2v) is 3.43. The van der Waals surface area contributed by atoms with E-state index >= 15 is 0 Å². The first-order valence-electron chi connectivity index (χ1n) is 3.98. The number of anilines is 1. The molecule has 12 heavy (non-hydrogen) atoms. The van der Waals surface area contributed by atoms with Gasteiger partial charge in [0.25, 0.3) is 0 Å². The molecule has 0 spiro atoms. The molecule has 0 amide bonds. The van der Waals surface area contributed by atoms with Gasteiger partial charge >= 0.3 is 0 Å². The number of hydrogen-bond donors (Lipinski definition) is 1. The van der Waals surface area contributed by atoms with Crippen LogP contribution in [0.2, 0.25) is 0 Å². The van der Waals surface area contributed by atoms with Crippen molar-refractivity contribution in [1.82, 2.24) is 4.98 Å². The van der Waals surface area contributed by atoms with Crippen molar-refractivity contribution < 1.29 is 4.74 Å². The third-order valence-corrected chi connectivity index (χ3v) is 2.34. The molecule has 0 radical (unpaired) electrons. The van der Waals surface area contributed by atoms with Gasteiger partial charge < -0.3 is 10.1 Å². The van der Waals surface area contributed by atoms with Gasteiger partial charge in [-0.1, -0.05) is 0 Å². The van der Waals surface area contributed by atoms with Gasteiger partial charge in [0.1, 0.15) is 0 Å². The highest BCUT2D eigenvalue weighted by Gasteiger charge is 1.95. The van der Waals surface area contributed by atoms with Crippen LogP contribution in [0.5, 0.6) is 0 Å². The summed E-state index contributed by atoms with van der Waals surface area (Å²) in [6.07, 6.45) is 1.02. The van der Waals surface area contributed by atoms with Crippen LogP contribution in [0.4, 0.5) is 5.13 Å². The molecule has 1 rings (SSSR count). The molecule has 0 fully saturated rings. The van der Waals surface area contributed by atoms with Crippen molar-refractivity contribution >= 4 is 16.5 Å². The lowest BCUT2D eigenvalue weighted by Crippen LogP contribution is -2.04. The molecule has 0 saturated heterocycles. The number of aromatic nitrogens is 1. The molecule has 1 aromatic heterocycles. The zero-order valence-corrected chi connectivity index (χ0v) is 8.28. The number of nitrogens with zero attached hydrogens (tertiary/aromatic N) is 1. The van der Waals surface area contributed by atoms with Crippen LogP contribution in [0.25, 0.3) is 0 Å². The van der Waals surface area contributed by atoms with Crippen molar-refractivity contribution in [3.63, 3.8) is 0 Å². The first-order valence-corrected chi connectivity index (χ1v) is 4.86. The fourth-order valence-corrected chi connectivity index (χ4v) is 1.56. The third kappa shape index (κ3) is 3.19. The summed E-state index contributed by atoms with van der Waals surface area (Å²) in [7, 11) is 1.72. The predicted molar refractivity (Wildman–Crippen MR) is 51.8 cm³/mol. The molecule has 0 saturated carbocycles. The summed E-state index contributed by atoms with van der Waals surface area (Å²) < 4.78 is 4.93. The van der Waals surface area contributed by atoms with Crippen LogP contribution in [0.3, 0.4) is 0 Å². The van der Waals surface area contributed by atoms with E-state index < -0.39 is 0 Å². The van der Waals surface area contributed by atoms with Gasteiger partial charge in [-0.2, -0.15) is 0 Å². The summed E-state index contributed by atoms with van der Waals surface area (Å²) >= 11 is 1.64. The SMILES string of the molecule is COCCCNc1nc(C)cs1. The van der Waals surface area contributed by atoms with E-state index in [0.29, 0.717) is 0 Å². The summed E-state index contributed by atoms with van der Waals surface area (Å²) in [5.41, 5.74) is 1.08. The lowest BCUT2D eigenvalue weighted by Gasteiger charge is -2.00. The van der Waals surface area contributed by atoms with Crippen LogP contribution in [0.1, 0.15) is 12.1 Å². The Morgan fingerprint density at radius 3 is 3.08 bits per heavy atom. The van der Waals surface area contributed by atoms with Gasteiger partial charge in [-0.25, -0.2) is 4.98 Å². The number of rotatable bonds is 5. The molecule has 1 N–H and O–H groups in total. The van der Waals surface area contributed by atoms with Crippen molar-refractivity contribution in [3.8, 4) is 0 Å². The highest BCUT2D eigenvalue weighted by molar-refractivity contribution is 7.13. The Morgan fingerprint density at radius 2 is 2.50 bits per heavy atom. The lowest BCUT2D eigenvalue weighted by molar-refractivity contribution is 0.198. The van der Waals surface area contributed by atoms with Crippen LogP contribution in [0.15, 0.2) is 5.38 Å². The topological polar surface area (TPSA) is 34.1 Å². The van der Waals surface area contributed by atoms with Gasteiger partial charge in [0, 0.05) is 25.6 Å². The molecule has 0 atom stereocenters. The van der Waals surface area contributed by atoms with E-state index in [1.165, 1.54) is 0 Å². The second-order valence-electron chi connectivity index (χ2n) is 2.57. The summed E-state index contributed by atoms with van der Waals surface area (Å²) in [5.74, 6) is 0. The van der Waals surface area contributed by atoms with E-state index in [4.69, 9.17) is 4.74 Å². The minimum atomic E-state index is 0.803. The first kappa shape index (κ1) is 9.48. The number of ether oxygens (including phenoxy) is 1. The van der Waals surface area contributed by atoms with Gasteiger partial charge in [0.05, 0.1) is 5.69 Å². The van der Waals surface area contributed by atoms with Crippen LogP contribution >= 0.6 is 11.3 Å². The van der Waals surface area contributed by atoms with Crippen molar-refractivity contribution in [3.05, 3.63) is 11.1 Å². The van der Waals surface area contributed by atoms with Gasteiger partial charge in [-0.15, -0.1) is 11.3 Å². The molecule has 1 heterocycles. The molecule has 1 aromatic rings. The average Bonchev–Trinajstić information content (AvgIpc) is 2.45. The molecule has 3 nitrogen and oxygen atoms in total. The number of methoxy groups -OCH3 is 1. The quantitative estimate of drug-likeness (QED) is 0.713. The maximum atomic E-state index is 4.93. The van der Waals surface area contributed by atoms with Crippen LogP contribution in [-0.2, 0) is 4.74 Å². The Kier molecular flexibility index (Phi) is 4.04. The summed E-state index contributed by atoms with van der Waals surface area (Å²) in [4.78, 5) is 4.27. The Morgan fingerprint density at radius 1 is 1.67 bits per heavy atom. The largest absolute Gasteiger partial charge is 0.385 e. The molecule has 0 aliphatic rings. The van der Waals surface area contributed by atoms with Crippen LogP contribution < -0.4 is 5.32 Å². The molecule has 0 bridgehead atoms. The monoisotopic (exact) mass is 186 g/mol. The number of nitrogens with one attached hydrogen (secondary N) is 1. The van der Waals surface area contributed by atoms with E-state index in [-0.39, 0.29) is 0 Å². The first-order chi connectivity index (χ1) is 5.83. The minimum Gasteiger partial charge on any atom is -0.385 e. The van der Waals surface area contributed by atoms with Crippen molar-refractivity contribution in [2.75, 3.05) is 25.6 Å². The van der Waals surface area contributed by atoms with Gasteiger partial charge in [-0.3, -0.25) is 0 Å². The van der Waals surface area contributed by atoms with Gasteiger partial charge in [0.15, 0.2) is 5.13 Å². The lowest BCUT2D eigenvalue weighted by atomic mass is 10.4. The van der Waals surface area contributed by atoms with E-state index in [1.54, 1.807) is 18.4 Å². The number of thiazole rings is 1. The normalized spacial score (nSPS) is 10.2. The Balaban J connectivity index is 2.15. The minimum absolute atomic E-state index is 0.803.